The van der Waals surface area contributed by atoms with E-state index in [1.807, 2.05) is 34.7 Å². The Balaban J connectivity index is 5.32. The highest BCUT2D eigenvalue weighted by Crippen LogP contribution is 2.14. The van der Waals surface area contributed by atoms with E-state index in [0.717, 1.165) is 103 Å². The molecule has 82 heavy (non-hydrogen) atoms. The topological polar surface area (TPSA) is 220 Å². The van der Waals surface area contributed by atoms with Gasteiger partial charge in [0.05, 0.1) is 102 Å². The van der Waals surface area contributed by atoms with Crippen LogP contribution < -0.4 is 0 Å². The summed E-state index contributed by atoms with van der Waals surface area (Å²) in [6, 6.07) is 0. The Kier molecular flexibility index (Phi) is 50.5. The van der Waals surface area contributed by atoms with Crippen LogP contribution >= 0.6 is 0 Å². The minimum atomic E-state index is -0.342. The molecule has 0 fully saturated rings. The molecule has 19 heteroatoms. The number of carbonyl (C=O) groups is 8. The number of hydrogen-bond donors (Lipinski definition) is 0. The second-order valence-corrected chi connectivity index (χ2v) is 22.2. The van der Waals surface area contributed by atoms with Crippen LogP contribution in [-0.4, -0.2) is 175 Å². The normalized spacial score (nSPS) is 12.8. The molecular weight excluding hydrogens is 1050 g/mol. The molecule has 0 N–H and O–H groups in total. The number of esters is 8. The molecule has 0 spiro atoms. The fourth-order valence-electron chi connectivity index (χ4n) is 8.53. The summed E-state index contributed by atoms with van der Waals surface area (Å²) in [5.74, 6) is -2.67. The second kappa shape index (κ2) is 53.4. The summed E-state index contributed by atoms with van der Waals surface area (Å²) in [7, 11) is 2.03. The van der Waals surface area contributed by atoms with Crippen molar-refractivity contribution in [2.45, 2.75) is 222 Å². The highest BCUT2D eigenvalue weighted by molar-refractivity contribution is 5.73. The van der Waals surface area contributed by atoms with Gasteiger partial charge in [-0.3, -0.25) is 38.4 Å². The monoisotopic (exact) mass is 1170 g/mol. The van der Waals surface area contributed by atoms with E-state index in [1.54, 1.807) is 0 Å². The smallest absolute Gasteiger partial charge is 0.308 e. The van der Waals surface area contributed by atoms with E-state index in [1.165, 1.54) is 0 Å². The summed E-state index contributed by atoms with van der Waals surface area (Å²) < 4.78 is 43.6. The van der Waals surface area contributed by atoms with Crippen molar-refractivity contribution in [3.63, 3.8) is 0 Å². The molecule has 0 aromatic heterocycles. The zero-order valence-electron chi connectivity index (χ0n) is 52.9. The fourth-order valence-corrected chi connectivity index (χ4v) is 8.53. The van der Waals surface area contributed by atoms with Crippen LogP contribution in [-0.2, 0) is 76.3 Å². The van der Waals surface area contributed by atoms with Gasteiger partial charge in [0.15, 0.2) is 0 Å². The summed E-state index contributed by atoms with van der Waals surface area (Å²) in [6.45, 7) is 22.2. The first-order valence-electron chi connectivity index (χ1n) is 31.9. The summed E-state index contributed by atoms with van der Waals surface area (Å²) in [5.41, 5.74) is 0. The van der Waals surface area contributed by atoms with Crippen LogP contribution in [0.4, 0.5) is 0 Å². The van der Waals surface area contributed by atoms with E-state index in [0.29, 0.717) is 90.6 Å². The van der Waals surface area contributed by atoms with E-state index >= 15 is 0 Å². The average molecular weight is 1170 g/mol. The predicted octanol–water partition coefficient (Wildman–Crippen LogP) is 10.6. The van der Waals surface area contributed by atoms with Crippen molar-refractivity contribution in [3.8, 4) is 0 Å². The molecule has 0 amide bonds. The molecule has 4 atom stereocenters. The Morgan fingerprint density at radius 1 is 0.280 bits per heavy atom. The molecule has 4 unspecified atom stereocenters. The van der Waals surface area contributed by atoms with Gasteiger partial charge < -0.3 is 52.6 Å². The van der Waals surface area contributed by atoms with E-state index in [9.17, 15) is 38.4 Å². The third-order valence-corrected chi connectivity index (χ3v) is 14.3. The SMILES string of the molecule is CCCCC(C)C(=O)OCCCCOC(=O)CCN(CCCN(C)CCCN(CCC(=O)OCCCCOC(=O)C(C)CCCC)CCC(=O)OCCCCOC(=O)C(C)CCCC)CCC(=O)OCCCCOC(=O)C(C)CCCC. The van der Waals surface area contributed by atoms with Gasteiger partial charge in [-0.1, -0.05) is 107 Å². The molecule has 0 saturated carbocycles. The van der Waals surface area contributed by atoms with Crippen molar-refractivity contribution in [2.75, 3.05) is 112 Å². The van der Waals surface area contributed by atoms with Crippen LogP contribution in [0, 0.1) is 23.7 Å². The van der Waals surface area contributed by atoms with Gasteiger partial charge in [-0.05, 0) is 123 Å². The number of hydrogen-bond acceptors (Lipinski definition) is 19. The Morgan fingerprint density at radius 3 is 0.695 bits per heavy atom. The summed E-state index contributed by atoms with van der Waals surface area (Å²) >= 11 is 0. The van der Waals surface area contributed by atoms with Gasteiger partial charge in [0.1, 0.15) is 0 Å². The predicted molar refractivity (Wildman–Crippen MR) is 317 cm³/mol. The molecule has 0 aliphatic carbocycles. The van der Waals surface area contributed by atoms with E-state index in [4.69, 9.17) is 37.9 Å². The van der Waals surface area contributed by atoms with Crippen LogP contribution in [0.2, 0.25) is 0 Å². The molecule has 478 valence electrons. The van der Waals surface area contributed by atoms with Gasteiger partial charge in [0.25, 0.3) is 0 Å². The highest BCUT2D eigenvalue weighted by atomic mass is 16.6. The third kappa shape index (κ3) is 46.1. The van der Waals surface area contributed by atoms with Crippen LogP contribution in [0.15, 0.2) is 0 Å². The van der Waals surface area contributed by atoms with Gasteiger partial charge in [-0.2, -0.15) is 0 Å². The Labute approximate surface area is 495 Å². The lowest BCUT2D eigenvalue weighted by Crippen LogP contribution is -2.34. The van der Waals surface area contributed by atoms with Crippen molar-refractivity contribution in [1.29, 1.82) is 0 Å². The van der Waals surface area contributed by atoms with Crippen molar-refractivity contribution in [1.82, 2.24) is 14.7 Å². The summed E-state index contributed by atoms with van der Waals surface area (Å²) in [5, 5.41) is 0. The van der Waals surface area contributed by atoms with Gasteiger partial charge >= 0.3 is 47.8 Å². The van der Waals surface area contributed by atoms with Crippen LogP contribution in [0.25, 0.3) is 0 Å². The first-order chi connectivity index (χ1) is 39.5. The highest BCUT2D eigenvalue weighted by Gasteiger charge is 2.19. The Morgan fingerprint density at radius 2 is 0.488 bits per heavy atom. The van der Waals surface area contributed by atoms with Gasteiger partial charge in [0.2, 0.25) is 0 Å². The van der Waals surface area contributed by atoms with E-state index in [-0.39, 0.29) is 150 Å². The zero-order chi connectivity index (χ0) is 61.0. The number of rotatable bonds is 56. The Hall–Kier alpha value is -4.36. The van der Waals surface area contributed by atoms with Crippen LogP contribution in [0.1, 0.15) is 222 Å². The number of nitrogens with zero attached hydrogens (tertiary/aromatic N) is 3. The number of ether oxygens (including phenoxy) is 8. The molecule has 0 saturated heterocycles. The second-order valence-electron chi connectivity index (χ2n) is 22.2. The molecule has 0 aliphatic heterocycles. The van der Waals surface area contributed by atoms with Crippen molar-refractivity contribution in [2.24, 2.45) is 23.7 Å². The molecule has 19 nitrogen and oxygen atoms in total. The first kappa shape index (κ1) is 77.6. The molecule has 0 aromatic rings. The molecule has 0 heterocycles. The maximum atomic E-state index is 12.8. The molecular formula is C63H115N3O16. The maximum absolute atomic E-state index is 12.8. The van der Waals surface area contributed by atoms with Crippen molar-refractivity contribution >= 4 is 47.8 Å². The number of carbonyl (C=O) groups excluding carboxylic acids is 8. The Bertz CT molecular complexity index is 1460. The summed E-state index contributed by atoms with van der Waals surface area (Å²) in [6.07, 6.45) is 18.0. The molecule has 0 rings (SSSR count). The summed E-state index contributed by atoms with van der Waals surface area (Å²) in [4.78, 5) is 106. The first-order valence-corrected chi connectivity index (χ1v) is 31.9. The molecule has 0 aliphatic rings. The molecule has 0 radical (unpaired) electrons. The molecule has 0 bridgehead atoms. The van der Waals surface area contributed by atoms with Crippen molar-refractivity contribution < 1.29 is 76.3 Å². The van der Waals surface area contributed by atoms with Gasteiger partial charge in [-0.15, -0.1) is 0 Å². The fraction of sp³-hybridized carbons (Fsp3) is 0.873. The molecule has 0 aromatic carbocycles. The number of unbranched alkanes of at least 4 members (excludes halogenated alkanes) is 8. The van der Waals surface area contributed by atoms with Gasteiger partial charge in [-0.25, -0.2) is 0 Å². The third-order valence-electron chi connectivity index (χ3n) is 14.3. The quantitative estimate of drug-likeness (QED) is 0.0314. The standard InChI is InChI=1S/C63H115N3O16/c1-10-14-28-52(5)60(71)79-48-22-18-44-75-56(67)32-40-65(41-33-57(68)76-45-19-23-49-80-61(72)53(6)29-15-11-2)38-26-36-64(9)37-27-39-66(42-34-58(69)77-46-20-24-50-81-62(73)54(7)30-16-12-3)43-35-59(70)78-47-21-25-51-82-63(74)55(8)31-17-13-4/h52-55H,10-51H2,1-9H3. The zero-order valence-corrected chi connectivity index (χ0v) is 52.9. The minimum absolute atomic E-state index is 0.130. The lowest BCUT2D eigenvalue weighted by Gasteiger charge is -2.25. The van der Waals surface area contributed by atoms with Crippen molar-refractivity contribution in [3.05, 3.63) is 0 Å². The lowest BCUT2D eigenvalue weighted by atomic mass is 10.1. The minimum Gasteiger partial charge on any atom is -0.466 e. The largest absolute Gasteiger partial charge is 0.466 e. The average Bonchev–Trinajstić information content (AvgIpc) is 3.46. The van der Waals surface area contributed by atoms with Gasteiger partial charge in [0, 0.05) is 26.2 Å². The maximum Gasteiger partial charge on any atom is 0.308 e. The van der Waals surface area contributed by atoms with Crippen LogP contribution in [0.5, 0.6) is 0 Å². The van der Waals surface area contributed by atoms with E-state index < -0.39 is 0 Å². The van der Waals surface area contributed by atoms with Crippen LogP contribution in [0.3, 0.4) is 0 Å². The lowest BCUT2D eigenvalue weighted by molar-refractivity contribution is -0.149. The van der Waals surface area contributed by atoms with E-state index in [2.05, 4.69) is 42.4 Å².